The Morgan fingerprint density at radius 2 is 1.56 bits per heavy atom. The predicted molar refractivity (Wildman–Crippen MR) is 139 cm³/mol. The summed E-state index contributed by atoms with van der Waals surface area (Å²) in [6, 6.07) is 12.7. The van der Waals surface area contributed by atoms with Crippen LogP contribution in [-0.2, 0) is 9.47 Å². The Bertz CT molecular complexity index is 1110. The van der Waals surface area contributed by atoms with Gasteiger partial charge in [0.05, 0.1) is 25.4 Å². The smallest absolute Gasteiger partial charge is 0.251 e. The maximum Gasteiger partial charge on any atom is 0.251 e. The third-order valence-corrected chi connectivity index (χ3v) is 7.52. The zero-order valence-corrected chi connectivity index (χ0v) is 21.9. The molecule has 0 bridgehead atoms. The van der Waals surface area contributed by atoms with Gasteiger partial charge in [-0.2, -0.15) is 0 Å². The number of ether oxygens (including phenoxy) is 3. The summed E-state index contributed by atoms with van der Waals surface area (Å²) >= 11 is 0. The van der Waals surface area contributed by atoms with E-state index in [0.717, 1.165) is 16.7 Å². The molecule has 11 heteroatoms. The number of rotatable bonds is 8. The normalized spacial score (nSPS) is 33.0. The fourth-order valence-electron chi connectivity index (χ4n) is 5.14. The summed E-state index contributed by atoms with van der Waals surface area (Å²) in [6.45, 7) is 0.972. The van der Waals surface area contributed by atoms with Crippen molar-refractivity contribution >= 4 is 5.91 Å². The van der Waals surface area contributed by atoms with Crippen molar-refractivity contribution in [2.45, 2.75) is 68.8 Å². The van der Waals surface area contributed by atoms with Crippen LogP contribution < -0.4 is 10.1 Å². The van der Waals surface area contributed by atoms with Crippen molar-refractivity contribution in [1.29, 1.82) is 0 Å². The van der Waals surface area contributed by atoms with Gasteiger partial charge in [-0.05, 0) is 60.6 Å². The molecule has 4 rings (SSSR count). The minimum Gasteiger partial charge on any atom is -0.462 e. The van der Waals surface area contributed by atoms with Crippen LogP contribution in [0, 0.1) is 12.8 Å². The minimum atomic E-state index is -1.52. The number of benzene rings is 2. The molecule has 2 aliphatic rings. The summed E-state index contributed by atoms with van der Waals surface area (Å²) in [5, 5.41) is 63.8. The molecule has 0 aromatic heterocycles. The maximum atomic E-state index is 11.9. The first kappa shape index (κ1) is 29.4. The first-order valence-corrected chi connectivity index (χ1v) is 13.0. The number of aryl methyl sites for hydroxylation is 1. The van der Waals surface area contributed by atoms with Gasteiger partial charge in [0.25, 0.3) is 5.91 Å². The summed E-state index contributed by atoms with van der Waals surface area (Å²) in [4.78, 5) is 11.9. The van der Waals surface area contributed by atoms with Crippen LogP contribution in [0.2, 0.25) is 0 Å². The Labute approximate surface area is 226 Å². The van der Waals surface area contributed by atoms with Crippen LogP contribution in [0.1, 0.15) is 28.8 Å². The van der Waals surface area contributed by atoms with Crippen molar-refractivity contribution in [3.63, 3.8) is 0 Å². The summed E-state index contributed by atoms with van der Waals surface area (Å²) in [5.41, 5.74) is 2.99. The molecule has 11 nitrogen and oxygen atoms in total. The molecular weight excluding hydrogens is 510 g/mol. The monoisotopic (exact) mass is 547 g/mol. The lowest BCUT2D eigenvalue weighted by molar-refractivity contribution is -0.253. The highest BCUT2D eigenvalue weighted by molar-refractivity contribution is 5.94. The van der Waals surface area contributed by atoms with E-state index in [1.54, 1.807) is 25.2 Å². The van der Waals surface area contributed by atoms with Crippen LogP contribution in [-0.4, -0.2) is 106 Å². The molecule has 9 unspecified atom stereocenters. The molecule has 0 radical (unpaired) electrons. The van der Waals surface area contributed by atoms with E-state index in [2.05, 4.69) is 5.32 Å². The summed E-state index contributed by atoms with van der Waals surface area (Å²) in [5.74, 6) is -0.283. The van der Waals surface area contributed by atoms with E-state index in [0.29, 0.717) is 11.3 Å². The van der Waals surface area contributed by atoms with E-state index in [-0.39, 0.29) is 25.4 Å². The largest absolute Gasteiger partial charge is 0.462 e. The van der Waals surface area contributed by atoms with Crippen LogP contribution in [0.4, 0.5) is 0 Å². The zero-order valence-electron chi connectivity index (χ0n) is 21.9. The average Bonchev–Trinajstić information content (AvgIpc) is 2.95. The number of amides is 1. The summed E-state index contributed by atoms with van der Waals surface area (Å²) in [6.07, 6.45) is -9.12. The van der Waals surface area contributed by atoms with Gasteiger partial charge in [-0.15, -0.1) is 0 Å². The van der Waals surface area contributed by atoms with E-state index in [1.807, 2.05) is 31.2 Å². The molecule has 0 saturated carbocycles. The number of carbonyl (C=O) groups excluding carboxylic acids is 1. The predicted octanol–water partition coefficient (Wildman–Crippen LogP) is -0.283. The van der Waals surface area contributed by atoms with Crippen LogP contribution in [0.5, 0.6) is 5.75 Å². The first-order valence-electron chi connectivity index (χ1n) is 13.0. The fourth-order valence-corrected chi connectivity index (χ4v) is 5.14. The summed E-state index contributed by atoms with van der Waals surface area (Å²) in [7, 11) is 1.57. The van der Waals surface area contributed by atoms with Gasteiger partial charge in [-0.25, -0.2) is 0 Å². The van der Waals surface area contributed by atoms with Gasteiger partial charge >= 0.3 is 0 Å². The van der Waals surface area contributed by atoms with Crippen molar-refractivity contribution in [3.05, 3.63) is 53.6 Å². The van der Waals surface area contributed by atoms with E-state index in [4.69, 9.17) is 14.2 Å². The summed E-state index contributed by atoms with van der Waals surface area (Å²) < 4.78 is 17.6. The van der Waals surface area contributed by atoms with Gasteiger partial charge in [0, 0.05) is 12.6 Å². The van der Waals surface area contributed by atoms with Gasteiger partial charge in [0.2, 0.25) is 6.29 Å². The van der Waals surface area contributed by atoms with Gasteiger partial charge in [0.15, 0.2) is 0 Å². The lowest BCUT2D eigenvalue weighted by Gasteiger charge is -2.44. The fraction of sp³-hybridized carbons (Fsp3) is 0.536. The number of aliphatic hydroxyl groups is 6. The third-order valence-electron chi connectivity index (χ3n) is 7.52. The highest BCUT2D eigenvalue weighted by Crippen LogP contribution is 2.36. The highest BCUT2D eigenvalue weighted by atomic mass is 16.7. The van der Waals surface area contributed by atoms with Crippen LogP contribution in [0.15, 0.2) is 42.5 Å². The lowest BCUT2D eigenvalue weighted by Crippen LogP contribution is -2.59. The molecule has 2 fully saturated rings. The van der Waals surface area contributed by atoms with Crippen LogP contribution in [0.25, 0.3) is 11.1 Å². The zero-order chi connectivity index (χ0) is 28.3. The quantitative estimate of drug-likeness (QED) is 0.232. The second kappa shape index (κ2) is 12.7. The van der Waals surface area contributed by atoms with Crippen LogP contribution >= 0.6 is 0 Å². The number of nitrogens with one attached hydrogen (secondary N) is 1. The van der Waals surface area contributed by atoms with Gasteiger partial charge in [-0.3, -0.25) is 4.79 Å². The van der Waals surface area contributed by atoms with E-state index >= 15 is 0 Å². The number of carbonyl (C=O) groups is 1. The molecule has 2 saturated heterocycles. The standard InChI is InChI=1S/C28H37NO10/c1-14-3-4-17(15-5-7-16(8-6-15)27(36)29-2)10-20(14)39-28-23(32)18(9-19(12-30)37-28)11-21-24(33)26(35)25(34)22(13-31)38-21/h3-8,10,18-19,21-26,28,30-35H,9,11-13H2,1-2H3,(H,29,36). The second-order valence-electron chi connectivity index (χ2n) is 10.2. The molecular formula is C28H37NO10. The van der Waals surface area contributed by atoms with Crippen molar-refractivity contribution in [3.8, 4) is 16.9 Å². The third kappa shape index (κ3) is 6.42. The first-order chi connectivity index (χ1) is 18.7. The van der Waals surface area contributed by atoms with Crippen LogP contribution in [0.3, 0.4) is 0 Å². The average molecular weight is 548 g/mol. The highest BCUT2D eigenvalue weighted by Gasteiger charge is 2.47. The SMILES string of the molecule is CNC(=O)c1ccc(-c2ccc(C)c(OC3OC(CO)CC(CC4OC(CO)C(O)C(O)C4O)C3O)c2)cc1. The molecule has 39 heavy (non-hydrogen) atoms. The molecule has 2 heterocycles. The molecule has 0 spiro atoms. The molecule has 1 amide bonds. The molecule has 2 aliphatic heterocycles. The van der Waals surface area contributed by atoms with E-state index in [1.165, 1.54) is 0 Å². The van der Waals surface area contributed by atoms with Crippen molar-refractivity contribution in [2.24, 2.45) is 5.92 Å². The van der Waals surface area contributed by atoms with Gasteiger partial charge < -0.3 is 50.2 Å². The lowest BCUT2D eigenvalue weighted by atomic mass is 9.83. The topological polar surface area (TPSA) is 178 Å². The van der Waals surface area contributed by atoms with E-state index < -0.39 is 61.5 Å². The molecule has 2 aromatic rings. The maximum absolute atomic E-state index is 11.9. The Morgan fingerprint density at radius 1 is 0.897 bits per heavy atom. The molecule has 0 aliphatic carbocycles. The van der Waals surface area contributed by atoms with Crippen molar-refractivity contribution in [1.82, 2.24) is 5.32 Å². The van der Waals surface area contributed by atoms with Gasteiger partial charge in [0.1, 0.15) is 36.3 Å². The Morgan fingerprint density at radius 3 is 2.21 bits per heavy atom. The van der Waals surface area contributed by atoms with Crippen molar-refractivity contribution < 1.29 is 49.6 Å². The van der Waals surface area contributed by atoms with Gasteiger partial charge in [-0.1, -0.05) is 24.3 Å². The number of hydrogen-bond donors (Lipinski definition) is 7. The Balaban J connectivity index is 1.51. The molecule has 9 atom stereocenters. The Hall–Kier alpha value is -2.61. The number of hydrogen-bond acceptors (Lipinski definition) is 10. The second-order valence-corrected chi connectivity index (χ2v) is 10.2. The molecule has 214 valence electrons. The number of aliphatic hydroxyl groups excluding tert-OH is 6. The molecule has 2 aromatic carbocycles. The molecule has 7 N–H and O–H groups in total. The minimum absolute atomic E-state index is 0.0685. The Kier molecular flexibility index (Phi) is 9.57. The van der Waals surface area contributed by atoms with E-state index in [9.17, 15) is 35.4 Å². The van der Waals surface area contributed by atoms with Crippen molar-refractivity contribution in [2.75, 3.05) is 20.3 Å².